The maximum absolute atomic E-state index is 12.9. The average Bonchev–Trinajstić information content (AvgIpc) is 3.23. The molecular formula is C31H35NO6. The summed E-state index contributed by atoms with van der Waals surface area (Å²) in [4.78, 5) is 25.7. The van der Waals surface area contributed by atoms with Gasteiger partial charge < -0.3 is 19.7 Å². The fourth-order valence-corrected chi connectivity index (χ4v) is 5.37. The first-order valence-electron chi connectivity index (χ1n) is 13.0. The number of nitrogens with zero attached hydrogens (tertiary/aromatic N) is 1. The van der Waals surface area contributed by atoms with Crippen LogP contribution in [0.1, 0.15) is 51.1 Å². The molecule has 2 N–H and O–H groups in total. The van der Waals surface area contributed by atoms with Gasteiger partial charge in [-0.15, -0.1) is 0 Å². The van der Waals surface area contributed by atoms with Gasteiger partial charge in [0.25, 0.3) is 0 Å². The highest BCUT2D eigenvalue weighted by Gasteiger charge is 2.34. The number of carboxylic acid groups (broad SMARTS) is 1. The van der Waals surface area contributed by atoms with Gasteiger partial charge in [0, 0.05) is 18.0 Å². The predicted molar refractivity (Wildman–Crippen MR) is 145 cm³/mol. The van der Waals surface area contributed by atoms with Crippen LogP contribution < -0.4 is 9.47 Å². The number of likely N-dealkylation sites (tertiary alicyclic amines) is 1. The zero-order valence-corrected chi connectivity index (χ0v) is 21.9. The molecular weight excluding hydrogens is 482 g/mol. The minimum atomic E-state index is -1.11. The fourth-order valence-electron chi connectivity index (χ4n) is 5.37. The quantitative estimate of drug-likeness (QED) is 0.430. The molecule has 5 rings (SSSR count). The lowest BCUT2D eigenvalue weighted by atomic mass is 9.85. The van der Waals surface area contributed by atoms with Crippen molar-refractivity contribution >= 4 is 11.8 Å². The third kappa shape index (κ3) is 6.53. The number of ketones is 1. The monoisotopic (exact) mass is 517 g/mol. The number of fused-ring (bicyclic) bond motifs is 1. The first-order chi connectivity index (χ1) is 18.4. The number of aromatic carboxylic acids is 1. The van der Waals surface area contributed by atoms with Gasteiger partial charge >= 0.3 is 5.97 Å². The second-order valence-electron chi connectivity index (χ2n) is 9.89. The van der Waals surface area contributed by atoms with Gasteiger partial charge in [0.2, 0.25) is 0 Å². The Labute approximate surface area is 223 Å². The normalized spacial score (nSPS) is 17.3. The largest absolute Gasteiger partial charge is 0.507 e. The van der Waals surface area contributed by atoms with E-state index in [0.717, 1.165) is 43.6 Å². The number of Topliss-reactive ketones (excluding diaryl/α,β-unsaturated/α-hetero) is 1. The number of aromatic hydroxyl groups is 1. The maximum Gasteiger partial charge on any atom is 0.339 e. The summed E-state index contributed by atoms with van der Waals surface area (Å²) in [7, 11) is 3.26. The molecule has 1 saturated heterocycles. The van der Waals surface area contributed by atoms with Crippen molar-refractivity contribution in [3.8, 4) is 17.2 Å². The maximum atomic E-state index is 12.9. The van der Waals surface area contributed by atoms with Crippen molar-refractivity contribution in [1.82, 2.24) is 4.90 Å². The molecule has 0 aromatic heterocycles. The molecule has 0 saturated carbocycles. The molecule has 1 aliphatic heterocycles. The summed E-state index contributed by atoms with van der Waals surface area (Å²) in [6.45, 7) is 3.27. The topological polar surface area (TPSA) is 96.3 Å². The molecule has 1 fully saturated rings. The lowest BCUT2D eigenvalue weighted by molar-refractivity contribution is 0.0693. The predicted octanol–water partition coefficient (Wildman–Crippen LogP) is 5.45. The van der Waals surface area contributed by atoms with Crippen molar-refractivity contribution in [2.24, 2.45) is 11.8 Å². The highest BCUT2D eigenvalue weighted by Crippen LogP contribution is 2.39. The Hall–Kier alpha value is -3.84. The van der Waals surface area contributed by atoms with E-state index in [9.17, 15) is 9.59 Å². The van der Waals surface area contributed by atoms with Crippen LogP contribution in [-0.2, 0) is 13.0 Å². The number of rotatable bonds is 7. The summed E-state index contributed by atoms with van der Waals surface area (Å²) in [5, 5.41) is 17.3. The number of carbonyl (C=O) groups excluding carboxylic acids is 1. The summed E-state index contributed by atoms with van der Waals surface area (Å²) >= 11 is 0. The number of ether oxygens (including phenoxy) is 2. The number of benzene rings is 3. The number of hydrogen-bond acceptors (Lipinski definition) is 6. The molecule has 0 bridgehead atoms. The third-order valence-electron chi connectivity index (χ3n) is 7.42. The van der Waals surface area contributed by atoms with Crippen molar-refractivity contribution in [2.75, 3.05) is 27.3 Å². The van der Waals surface area contributed by atoms with Crippen LogP contribution in [-0.4, -0.2) is 54.2 Å². The van der Waals surface area contributed by atoms with Crippen LogP contribution in [0.4, 0.5) is 0 Å². The molecule has 1 heterocycles. The summed E-state index contributed by atoms with van der Waals surface area (Å²) < 4.78 is 10.8. The van der Waals surface area contributed by atoms with Crippen LogP contribution >= 0.6 is 0 Å². The Bertz CT molecular complexity index is 1250. The van der Waals surface area contributed by atoms with Gasteiger partial charge in [0.05, 0.1) is 14.2 Å². The van der Waals surface area contributed by atoms with Crippen LogP contribution in [0.15, 0.2) is 66.7 Å². The summed E-state index contributed by atoms with van der Waals surface area (Å²) in [5.74, 6) is 1.07. The van der Waals surface area contributed by atoms with E-state index in [0.29, 0.717) is 17.4 Å². The third-order valence-corrected chi connectivity index (χ3v) is 7.42. The molecule has 3 aromatic carbocycles. The molecule has 1 aliphatic carbocycles. The van der Waals surface area contributed by atoms with Gasteiger partial charge in [-0.3, -0.25) is 9.69 Å². The van der Waals surface area contributed by atoms with Crippen LogP contribution in [0.2, 0.25) is 0 Å². The molecule has 38 heavy (non-hydrogen) atoms. The number of carboxylic acids is 1. The van der Waals surface area contributed by atoms with Crippen molar-refractivity contribution in [3.05, 3.63) is 89.0 Å². The molecule has 7 heteroatoms. The van der Waals surface area contributed by atoms with Gasteiger partial charge in [-0.05, 0) is 80.1 Å². The molecule has 2 aliphatic rings. The standard InChI is InChI=1S/C24H29NO3.C7H6O3/c1-27-22-14-19-13-20(24(26)21(19)15-23(22)28-2)12-17-8-10-25(11-9-17)16-18-6-4-3-5-7-18;8-6-4-2-1-3-5(6)7(9)10/h3-7,14-15,17,20H,8-13,16H2,1-2H3;1-4,8H,(H,9,10). The molecule has 1 unspecified atom stereocenters. The number of phenols is 1. The molecule has 3 aromatic rings. The highest BCUT2D eigenvalue weighted by atomic mass is 16.5. The highest BCUT2D eigenvalue weighted by molar-refractivity contribution is 6.03. The first-order valence-corrected chi connectivity index (χ1v) is 13.0. The van der Waals surface area contributed by atoms with Gasteiger partial charge in [-0.1, -0.05) is 42.5 Å². The van der Waals surface area contributed by atoms with Crippen LogP contribution in [0.3, 0.4) is 0 Å². The molecule has 7 nitrogen and oxygen atoms in total. The Balaban J connectivity index is 0.000000283. The van der Waals surface area contributed by atoms with Crippen molar-refractivity contribution in [1.29, 1.82) is 0 Å². The summed E-state index contributed by atoms with van der Waals surface area (Å²) in [6, 6.07) is 20.3. The molecule has 1 atom stereocenters. The Kier molecular flexibility index (Phi) is 9.02. The number of methoxy groups -OCH3 is 2. The zero-order chi connectivity index (χ0) is 27.1. The zero-order valence-electron chi connectivity index (χ0n) is 21.9. The Morgan fingerprint density at radius 3 is 2.18 bits per heavy atom. The van der Waals surface area contributed by atoms with E-state index in [1.807, 2.05) is 12.1 Å². The number of para-hydroxylation sites is 1. The van der Waals surface area contributed by atoms with Gasteiger partial charge in [-0.25, -0.2) is 4.79 Å². The van der Waals surface area contributed by atoms with E-state index in [4.69, 9.17) is 19.7 Å². The van der Waals surface area contributed by atoms with Crippen LogP contribution in [0.25, 0.3) is 0 Å². The lowest BCUT2D eigenvalue weighted by Gasteiger charge is -2.32. The smallest absolute Gasteiger partial charge is 0.339 e. The average molecular weight is 518 g/mol. The first kappa shape index (κ1) is 27.2. The van der Waals surface area contributed by atoms with Crippen LogP contribution in [0.5, 0.6) is 17.2 Å². The molecule has 0 radical (unpaired) electrons. The molecule has 0 amide bonds. The van der Waals surface area contributed by atoms with E-state index in [2.05, 4.69) is 35.2 Å². The number of carbonyl (C=O) groups is 2. The number of piperidine rings is 1. The minimum Gasteiger partial charge on any atom is -0.507 e. The van der Waals surface area contributed by atoms with Gasteiger partial charge in [0.15, 0.2) is 17.3 Å². The van der Waals surface area contributed by atoms with Gasteiger partial charge in [-0.2, -0.15) is 0 Å². The van der Waals surface area contributed by atoms with Crippen molar-refractivity contribution < 1.29 is 29.3 Å². The summed E-state index contributed by atoms with van der Waals surface area (Å²) in [5.41, 5.74) is 3.24. The molecule has 200 valence electrons. The van der Waals surface area contributed by atoms with E-state index in [-0.39, 0.29) is 23.0 Å². The van der Waals surface area contributed by atoms with Gasteiger partial charge in [0.1, 0.15) is 11.3 Å². The van der Waals surface area contributed by atoms with E-state index in [1.54, 1.807) is 26.4 Å². The SMILES string of the molecule is COc1cc2c(cc1OC)C(=O)C(CC1CCN(Cc3ccccc3)CC1)C2.O=C(O)c1ccccc1O. The van der Waals surface area contributed by atoms with E-state index < -0.39 is 5.97 Å². The van der Waals surface area contributed by atoms with Crippen molar-refractivity contribution in [2.45, 2.75) is 32.2 Å². The number of hydrogen-bond donors (Lipinski definition) is 2. The van der Waals surface area contributed by atoms with Crippen molar-refractivity contribution in [3.63, 3.8) is 0 Å². The second-order valence-corrected chi connectivity index (χ2v) is 9.89. The Morgan fingerprint density at radius 1 is 0.947 bits per heavy atom. The minimum absolute atomic E-state index is 0.0671. The fraction of sp³-hybridized carbons (Fsp3) is 0.355. The van der Waals surface area contributed by atoms with E-state index >= 15 is 0 Å². The Morgan fingerprint density at radius 2 is 1.58 bits per heavy atom. The second kappa shape index (κ2) is 12.6. The van der Waals surface area contributed by atoms with E-state index in [1.165, 1.54) is 30.5 Å². The molecule has 0 spiro atoms. The summed E-state index contributed by atoms with van der Waals surface area (Å²) in [6.07, 6.45) is 4.19. The van der Waals surface area contributed by atoms with Crippen LogP contribution in [0, 0.1) is 11.8 Å². The lowest BCUT2D eigenvalue weighted by Crippen LogP contribution is -2.34.